The molecule has 7 heteroatoms. The van der Waals surface area contributed by atoms with Gasteiger partial charge in [0.2, 0.25) is 5.91 Å². The molecule has 1 aliphatic heterocycles. The first kappa shape index (κ1) is 18.8. The molecule has 2 radical (unpaired) electrons. The highest BCUT2D eigenvalue weighted by Gasteiger charge is 2.30. The van der Waals surface area contributed by atoms with Crippen molar-refractivity contribution in [1.29, 1.82) is 0 Å². The molecule has 0 aromatic heterocycles. The van der Waals surface area contributed by atoms with Crippen LogP contribution in [0.3, 0.4) is 0 Å². The summed E-state index contributed by atoms with van der Waals surface area (Å²) in [5, 5.41) is 13.1. The minimum absolute atomic E-state index is 0.0389. The van der Waals surface area contributed by atoms with E-state index in [0.717, 1.165) is 6.54 Å². The molecule has 1 aromatic rings. The van der Waals surface area contributed by atoms with Gasteiger partial charge in [0, 0.05) is 32.6 Å². The van der Waals surface area contributed by atoms with Crippen molar-refractivity contribution in [2.24, 2.45) is 5.92 Å². The minimum Gasteiger partial charge on any atom is -0.507 e. The van der Waals surface area contributed by atoms with Crippen molar-refractivity contribution in [3.63, 3.8) is 0 Å². The standard InChI is InChI=1S/C19H25BN2O4/c20-7-5-14-3-4-17(16(12-23)19(14)25)26-15-10-22(11-15)8-6-18(24)21-9-13-1-2-13/h3-4,12-13,15,25H,1-2,5-11H2,(H,21,24). The molecule has 6 nitrogen and oxygen atoms in total. The fraction of sp³-hybridized carbons (Fsp3) is 0.579. The van der Waals surface area contributed by atoms with E-state index in [-0.39, 0.29) is 23.3 Å². The smallest absolute Gasteiger partial charge is 0.221 e. The number of carbonyl (C=O) groups is 2. The molecule has 1 heterocycles. The maximum Gasteiger partial charge on any atom is 0.221 e. The van der Waals surface area contributed by atoms with Gasteiger partial charge in [0.25, 0.3) is 0 Å². The Balaban J connectivity index is 1.42. The van der Waals surface area contributed by atoms with Crippen LogP contribution in [0.25, 0.3) is 0 Å². The average Bonchev–Trinajstić information content (AvgIpc) is 3.41. The van der Waals surface area contributed by atoms with Crippen LogP contribution in [0.5, 0.6) is 11.5 Å². The van der Waals surface area contributed by atoms with Gasteiger partial charge in [-0.15, -0.1) is 0 Å². The van der Waals surface area contributed by atoms with E-state index < -0.39 is 0 Å². The van der Waals surface area contributed by atoms with E-state index in [9.17, 15) is 14.7 Å². The Labute approximate surface area is 155 Å². The van der Waals surface area contributed by atoms with Gasteiger partial charge in [0.15, 0.2) is 6.29 Å². The molecular formula is C19H25BN2O4. The zero-order chi connectivity index (χ0) is 18.5. The second-order valence-electron chi connectivity index (χ2n) is 7.14. The van der Waals surface area contributed by atoms with E-state index in [0.29, 0.717) is 62.3 Å². The lowest BCUT2D eigenvalue weighted by atomic mass is 9.95. The topological polar surface area (TPSA) is 78.9 Å². The van der Waals surface area contributed by atoms with E-state index in [2.05, 4.69) is 10.2 Å². The van der Waals surface area contributed by atoms with Crippen LogP contribution in [0.1, 0.15) is 35.2 Å². The Morgan fingerprint density at radius 3 is 2.81 bits per heavy atom. The van der Waals surface area contributed by atoms with Gasteiger partial charge in [-0.05, 0) is 36.8 Å². The van der Waals surface area contributed by atoms with Crippen LogP contribution in [-0.4, -0.2) is 62.3 Å². The third-order valence-electron chi connectivity index (χ3n) is 4.95. The summed E-state index contributed by atoms with van der Waals surface area (Å²) < 4.78 is 5.85. The molecule has 3 rings (SSSR count). The van der Waals surface area contributed by atoms with E-state index in [4.69, 9.17) is 12.6 Å². The number of nitrogens with zero attached hydrogens (tertiary/aromatic N) is 1. The van der Waals surface area contributed by atoms with Crippen LogP contribution in [0.4, 0.5) is 0 Å². The van der Waals surface area contributed by atoms with Crippen LogP contribution in [0, 0.1) is 5.92 Å². The molecule has 0 spiro atoms. The molecule has 1 aromatic carbocycles. The van der Waals surface area contributed by atoms with Crippen LogP contribution in [0.2, 0.25) is 6.32 Å². The summed E-state index contributed by atoms with van der Waals surface area (Å²) >= 11 is 0. The predicted molar refractivity (Wildman–Crippen MR) is 99.0 cm³/mol. The molecule has 0 bridgehead atoms. The van der Waals surface area contributed by atoms with Gasteiger partial charge in [-0.2, -0.15) is 0 Å². The number of rotatable bonds is 10. The fourth-order valence-corrected chi connectivity index (χ4v) is 3.10. The molecule has 1 saturated heterocycles. The second-order valence-corrected chi connectivity index (χ2v) is 7.14. The summed E-state index contributed by atoms with van der Waals surface area (Å²) in [6, 6.07) is 3.45. The SMILES string of the molecule is [B]CCc1ccc(OC2CN(CCC(=O)NCC3CC3)C2)c(C=O)c1O. The lowest BCUT2D eigenvalue weighted by Gasteiger charge is -2.39. The lowest BCUT2D eigenvalue weighted by molar-refractivity contribution is -0.122. The van der Waals surface area contributed by atoms with Gasteiger partial charge in [0.05, 0.1) is 13.4 Å². The molecule has 0 unspecified atom stereocenters. The van der Waals surface area contributed by atoms with Crippen LogP contribution in [0.15, 0.2) is 12.1 Å². The molecule has 1 aliphatic carbocycles. The molecule has 2 fully saturated rings. The maximum atomic E-state index is 11.8. The highest BCUT2D eigenvalue weighted by atomic mass is 16.5. The van der Waals surface area contributed by atoms with Crippen LogP contribution in [-0.2, 0) is 11.2 Å². The summed E-state index contributed by atoms with van der Waals surface area (Å²) in [4.78, 5) is 25.2. The minimum atomic E-state index is -0.0496. The largest absolute Gasteiger partial charge is 0.507 e. The lowest BCUT2D eigenvalue weighted by Crippen LogP contribution is -2.54. The number of amides is 1. The molecule has 0 atom stereocenters. The number of phenols is 1. The zero-order valence-electron chi connectivity index (χ0n) is 14.9. The second kappa shape index (κ2) is 8.58. The number of hydrogen-bond acceptors (Lipinski definition) is 5. The Hall–Kier alpha value is -2.02. The molecule has 1 amide bonds. The van der Waals surface area contributed by atoms with Crippen molar-refractivity contribution < 1.29 is 19.4 Å². The van der Waals surface area contributed by atoms with Gasteiger partial charge >= 0.3 is 0 Å². The number of aryl methyl sites for hydroxylation is 1. The summed E-state index contributed by atoms with van der Waals surface area (Å²) in [5.74, 6) is 1.14. The first-order valence-electron chi connectivity index (χ1n) is 9.26. The van der Waals surface area contributed by atoms with E-state index in [1.54, 1.807) is 12.1 Å². The molecule has 2 aliphatic rings. The molecule has 2 N–H and O–H groups in total. The number of likely N-dealkylation sites (tertiary alicyclic amines) is 1. The summed E-state index contributed by atoms with van der Waals surface area (Å²) in [5.41, 5.74) is 0.822. The third kappa shape index (κ3) is 4.78. The average molecular weight is 356 g/mol. The number of carbonyl (C=O) groups excluding carboxylic acids is 2. The summed E-state index contributed by atoms with van der Waals surface area (Å²) in [6.07, 6.45) is 4.44. The highest BCUT2D eigenvalue weighted by molar-refractivity contribution is 6.08. The van der Waals surface area contributed by atoms with Crippen LogP contribution >= 0.6 is 0 Å². The van der Waals surface area contributed by atoms with Crippen molar-refractivity contribution >= 4 is 20.0 Å². The Kier molecular flexibility index (Phi) is 6.19. The fourth-order valence-electron chi connectivity index (χ4n) is 3.10. The molecular weight excluding hydrogens is 331 g/mol. The molecule has 1 saturated carbocycles. The van der Waals surface area contributed by atoms with Crippen molar-refractivity contribution in [2.45, 2.75) is 38.1 Å². The van der Waals surface area contributed by atoms with Crippen molar-refractivity contribution in [2.75, 3.05) is 26.2 Å². The predicted octanol–water partition coefficient (Wildman–Crippen LogP) is 1.31. The van der Waals surface area contributed by atoms with E-state index >= 15 is 0 Å². The van der Waals surface area contributed by atoms with Crippen molar-refractivity contribution in [3.8, 4) is 11.5 Å². The zero-order valence-corrected chi connectivity index (χ0v) is 14.9. The number of ether oxygens (including phenoxy) is 1. The third-order valence-corrected chi connectivity index (χ3v) is 4.95. The monoisotopic (exact) mass is 356 g/mol. The van der Waals surface area contributed by atoms with Crippen LogP contribution < -0.4 is 10.1 Å². The van der Waals surface area contributed by atoms with Crippen molar-refractivity contribution in [1.82, 2.24) is 10.2 Å². The summed E-state index contributed by atoms with van der Waals surface area (Å²) in [7, 11) is 5.51. The van der Waals surface area contributed by atoms with Gasteiger partial charge in [-0.25, -0.2) is 0 Å². The number of aldehydes is 1. The number of benzene rings is 1. The normalized spacial score (nSPS) is 17.5. The van der Waals surface area contributed by atoms with Gasteiger partial charge in [-0.3, -0.25) is 14.5 Å². The number of aromatic hydroxyl groups is 1. The quantitative estimate of drug-likeness (QED) is 0.488. The van der Waals surface area contributed by atoms with Crippen molar-refractivity contribution in [3.05, 3.63) is 23.3 Å². The van der Waals surface area contributed by atoms with E-state index in [1.807, 2.05) is 0 Å². The first-order valence-corrected chi connectivity index (χ1v) is 9.26. The molecule has 26 heavy (non-hydrogen) atoms. The van der Waals surface area contributed by atoms with Gasteiger partial charge < -0.3 is 15.2 Å². The number of phenolic OH excluding ortho intramolecular Hbond substituents is 1. The first-order chi connectivity index (χ1) is 12.6. The maximum absolute atomic E-state index is 11.8. The molecule has 138 valence electrons. The van der Waals surface area contributed by atoms with Gasteiger partial charge in [-0.1, -0.05) is 12.4 Å². The Morgan fingerprint density at radius 2 is 2.15 bits per heavy atom. The summed E-state index contributed by atoms with van der Waals surface area (Å²) in [6.45, 7) is 2.93. The Bertz CT molecular complexity index is 657. The van der Waals surface area contributed by atoms with E-state index in [1.165, 1.54) is 12.8 Å². The highest BCUT2D eigenvalue weighted by Crippen LogP contribution is 2.32. The number of hydrogen-bond donors (Lipinski definition) is 2. The van der Waals surface area contributed by atoms with Gasteiger partial charge in [0.1, 0.15) is 17.6 Å². The number of nitrogens with one attached hydrogen (secondary N) is 1. The Morgan fingerprint density at radius 1 is 1.38 bits per heavy atom.